The Hall–Kier alpha value is -0.810. The number of hydrogen-bond acceptors (Lipinski definition) is 3. The molecule has 0 aromatic heterocycles. The van der Waals surface area contributed by atoms with Crippen LogP contribution in [0.15, 0.2) is 0 Å². The Morgan fingerprint density at radius 3 is 2.65 bits per heavy atom. The molecule has 118 valence electrons. The van der Waals surface area contributed by atoms with Gasteiger partial charge in [0.25, 0.3) is 0 Å². The van der Waals surface area contributed by atoms with E-state index in [1.54, 1.807) is 0 Å². The highest BCUT2D eigenvalue weighted by Crippen LogP contribution is 2.10. The van der Waals surface area contributed by atoms with Crippen molar-refractivity contribution in [1.29, 1.82) is 0 Å². The van der Waals surface area contributed by atoms with E-state index in [9.17, 15) is 9.59 Å². The van der Waals surface area contributed by atoms with Gasteiger partial charge >= 0.3 is 0 Å². The molecule has 1 atom stereocenters. The van der Waals surface area contributed by atoms with E-state index in [4.69, 9.17) is 5.73 Å². The van der Waals surface area contributed by atoms with E-state index in [0.717, 1.165) is 45.2 Å². The Bertz CT molecular complexity index is 300. The van der Waals surface area contributed by atoms with Gasteiger partial charge in [0.05, 0.1) is 0 Å². The van der Waals surface area contributed by atoms with Crippen molar-refractivity contribution in [2.24, 2.45) is 5.73 Å². The molecule has 0 saturated carbocycles. The van der Waals surface area contributed by atoms with Crippen molar-refractivity contribution in [3.8, 4) is 0 Å². The maximum Gasteiger partial charge on any atom is 0.222 e. The van der Waals surface area contributed by atoms with E-state index in [0.29, 0.717) is 19.4 Å². The van der Waals surface area contributed by atoms with Gasteiger partial charge in [-0.1, -0.05) is 12.8 Å². The average molecular weight is 306 g/mol. The van der Waals surface area contributed by atoms with Crippen LogP contribution in [0.5, 0.6) is 0 Å². The van der Waals surface area contributed by atoms with Crippen LogP contribution in [0.1, 0.15) is 51.9 Å². The minimum absolute atomic E-state index is 0. The number of rotatable bonds is 9. The monoisotopic (exact) mass is 305 g/mol. The number of carbonyl (C=O) groups excluding carboxylic acids is 2. The first-order valence-electron chi connectivity index (χ1n) is 7.40. The molecule has 1 heterocycles. The highest BCUT2D eigenvalue weighted by Gasteiger charge is 2.22. The van der Waals surface area contributed by atoms with Crippen LogP contribution in [0.4, 0.5) is 0 Å². The summed E-state index contributed by atoms with van der Waals surface area (Å²) in [5.74, 6) is 0.301. The molecule has 0 bridgehead atoms. The number of carbonyl (C=O) groups is 2. The van der Waals surface area contributed by atoms with Crippen LogP contribution in [0, 0.1) is 0 Å². The third-order valence-electron chi connectivity index (χ3n) is 3.43. The van der Waals surface area contributed by atoms with Crippen LogP contribution in [0.25, 0.3) is 0 Å². The highest BCUT2D eigenvalue weighted by molar-refractivity contribution is 5.85. The quantitative estimate of drug-likeness (QED) is 0.633. The van der Waals surface area contributed by atoms with Crippen molar-refractivity contribution in [2.45, 2.75) is 57.9 Å². The van der Waals surface area contributed by atoms with Gasteiger partial charge in [-0.3, -0.25) is 9.59 Å². The number of likely N-dealkylation sites (tertiary alicyclic amines) is 1. The van der Waals surface area contributed by atoms with Gasteiger partial charge < -0.3 is 16.0 Å². The molecular formula is C14H28ClN3O2. The molecule has 1 saturated heterocycles. The molecule has 1 aliphatic rings. The lowest BCUT2D eigenvalue weighted by atomic mass is 10.1. The van der Waals surface area contributed by atoms with E-state index >= 15 is 0 Å². The summed E-state index contributed by atoms with van der Waals surface area (Å²) in [5, 5.41) is 2.96. The van der Waals surface area contributed by atoms with Gasteiger partial charge in [0.2, 0.25) is 11.8 Å². The second-order valence-corrected chi connectivity index (χ2v) is 5.36. The average Bonchev–Trinajstić information content (AvgIpc) is 2.74. The van der Waals surface area contributed by atoms with Crippen LogP contribution < -0.4 is 11.1 Å². The van der Waals surface area contributed by atoms with Gasteiger partial charge in [0.15, 0.2) is 0 Å². The standard InChI is InChI=1S/C14H27N3O2.ClH/c1-12(11-17-10-6-8-14(17)19)16-13(18)7-4-2-3-5-9-15;/h12H,2-11,15H2,1H3,(H,16,18);1H. The summed E-state index contributed by atoms with van der Waals surface area (Å²) in [7, 11) is 0. The highest BCUT2D eigenvalue weighted by atomic mass is 35.5. The summed E-state index contributed by atoms with van der Waals surface area (Å²) < 4.78 is 0. The minimum atomic E-state index is 0. The number of nitrogens with one attached hydrogen (secondary N) is 1. The van der Waals surface area contributed by atoms with Crippen molar-refractivity contribution < 1.29 is 9.59 Å². The molecule has 0 aliphatic carbocycles. The van der Waals surface area contributed by atoms with E-state index in [1.807, 2.05) is 11.8 Å². The number of amides is 2. The summed E-state index contributed by atoms with van der Waals surface area (Å²) in [5.41, 5.74) is 5.41. The van der Waals surface area contributed by atoms with Crippen LogP contribution in [-0.2, 0) is 9.59 Å². The fraction of sp³-hybridized carbons (Fsp3) is 0.857. The van der Waals surface area contributed by atoms with Crippen molar-refractivity contribution in [1.82, 2.24) is 10.2 Å². The van der Waals surface area contributed by atoms with Crippen LogP contribution in [0.2, 0.25) is 0 Å². The molecule has 0 aromatic rings. The zero-order valence-electron chi connectivity index (χ0n) is 12.4. The first kappa shape index (κ1) is 19.2. The van der Waals surface area contributed by atoms with Gasteiger partial charge in [0.1, 0.15) is 0 Å². The van der Waals surface area contributed by atoms with E-state index < -0.39 is 0 Å². The number of nitrogens with zero attached hydrogens (tertiary/aromatic N) is 1. The molecule has 2 amide bonds. The van der Waals surface area contributed by atoms with E-state index in [1.165, 1.54) is 0 Å². The fourth-order valence-corrected chi connectivity index (χ4v) is 2.40. The zero-order valence-corrected chi connectivity index (χ0v) is 13.2. The molecule has 3 N–H and O–H groups in total. The predicted molar refractivity (Wildman–Crippen MR) is 82.8 cm³/mol. The third kappa shape index (κ3) is 7.70. The molecule has 20 heavy (non-hydrogen) atoms. The van der Waals surface area contributed by atoms with Gasteiger partial charge in [-0.25, -0.2) is 0 Å². The van der Waals surface area contributed by atoms with Gasteiger partial charge in [0, 0.05) is 32.0 Å². The molecular weight excluding hydrogens is 278 g/mol. The molecule has 1 unspecified atom stereocenters. The predicted octanol–water partition coefficient (Wildman–Crippen LogP) is 1.44. The van der Waals surface area contributed by atoms with Gasteiger partial charge in [-0.2, -0.15) is 0 Å². The molecule has 0 aromatic carbocycles. The van der Waals surface area contributed by atoms with Crippen LogP contribution in [0.3, 0.4) is 0 Å². The summed E-state index contributed by atoms with van der Waals surface area (Å²) in [6.45, 7) is 4.15. The smallest absolute Gasteiger partial charge is 0.222 e. The molecule has 1 rings (SSSR count). The lowest BCUT2D eigenvalue weighted by molar-refractivity contribution is -0.129. The van der Waals surface area contributed by atoms with Crippen molar-refractivity contribution >= 4 is 24.2 Å². The Morgan fingerprint density at radius 2 is 2.05 bits per heavy atom. The van der Waals surface area contributed by atoms with Gasteiger partial charge in [-0.05, 0) is 32.7 Å². The lowest BCUT2D eigenvalue weighted by Gasteiger charge is -2.21. The SMILES string of the molecule is CC(CN1CCCC1=O)NC(=O)CCCCCCN.Cl. The van der Waals surface area contributed by atoms with Crippen LogP contribution >= 0.6 is 12.4 Å². The van der Waals surface area contributed by atoms with Crippen molar-refractivity contribution in [3.63, 3.8) is 0 Å². The molecule has 1 aliphatic heterocycles. The Balaban J connectivity index is 0.00000361. The maximum atomic E-state index is 11.7. The number of halogens is 1. The summed E-state index contributed by atoms with van der Waals surface area (Å²) in [6.07, 6.45) is 6.28. The molecule has 1 fully saturated rings. The molecule has 6 heteroatoms. The third-order valence-corrected chi connectivity index (χ3v) is 3.43. The Labute approximate surface area is 128 Å². The molecule has 0 spiro atoms. The number of nitrogens with two attached hydrogens (primary N) is 1. The van der Waals surface area contributed by atoms with Crippen molar-refractivity contribution in [2.75, 3.05) is 19.6 Å². The molecule has 0 radical (unpaired) electrons. The Morgan fingerprint density at radius 1 is 1.35 bits per heavy atom. The Kier molecular flexibility index (Phi) is 10.5. The molecule has 5 nitrogen and oxygen atoms in total. The largest absolute Gasteiger partial charge is 0.352 e. The number of hydrogen-bond donors (Lipinski definition) is 2. The van der Waals surface area contributed by atoms with Crippen LogP contribution in [-0.4, -0.2) is 42.4 Å². The first-order chi connectivity index (χ1) is 9.13. The topological polar surface area (TPSA) is 75.4 Å². The first-order valence-corrected chi connectivity index (χ1v) is 7.40. The maximum absolute atomic E-state index is 11.7. The fourth-order valence-electron chi connectivity index (χ4n) is 2.40. The normalized spacial score (nSPS) is 15.9. The minimum Gasteiger partial charge on any atom is -0.352 e. The second kappa shape index (κ2) is 10.9. The zero-order chi connectivity index (χ0) is 14.1. The lowest BCUT2D eigenvalue weighted by Crippen LogP contribution is -2.42. The van der Waals surface area contributed by atoms with Crippen molar-refractivity contribution in [3.05, 3.63) is 0 Å². The summed E-state index contributed by atoms with van der Waals surface area (Å²) >= 11 is 0. The summed E-state index contributed by atoms with van der Waals surface area (Å²) in [6, 6.07) is 0.0404. The number of unbranched alkanes of at least 4 members (excludes halogenated alkanes) is 3. The van der Waals surface area contributed by atoms with E-state index in [-0.39, 0.29) is 30.3 Å². The second-order valence-electron chi connectivity index (χ2n) is 5.36. The summed E-state index contributed by atoms with van der Waals surface area (Å²) in [4.78, 5) is 25.0. The van der Waals surface area contributed by atoms with Gasteiger partial charge in [-0.15, -0.1) is 12.4 Å². The van der Waals surface area contributed by atoms with E-state index in [2.05, 4.69) is 5.32 Å².